The molecule has 0 radical (unpaired) electrons. The van der Waals surface area contributed by atoms with Crippen LogP contribution in [0, 0.1) is 11.6 Å². The van der Waals surface area contributed by atoms with Gasteiger partial charge in [0.2, 0.25) is 0 Å². The fourth-order valence-electron chi connectivity index (χ4n) is 2.70. The third kappa shape index (κ3) is 3.74. The minimum Gasteiger partial charge on any atom is -0.486 e. The summed E-state index contributed by atoms with van der Waals surface area (Å²) in [5, 5.41) is 3.03. The Morgan fingerprint density at radius 3 is 2.74 bits per heavy atom. The quantitative estimate of drug-likeness (QED) is 0.797. The first-order valence-electron chi connectivity index (χ1n) is 7.51. The number of halogens is 2. The first-order valence-corrected chi connectivity index (χ1v) is 7.51. The highest BCUT2D eigenvalue weighted by molar-refractivity contribution is 5.52. The zero-order chi connectivity index (χ0) is 16.2. The van der Waals surface area contributed by atoms with Crippen molar-refractivity contribution in [1.82, 2.24) is 5.32 Å². The number of aldehydes is 1. The first kappa shape index (κ1) is 15.6. The largest absolute Gasteiger partial charge is 0.486 e. The zero-order valence-electron chi connectivity index (χ0n) is 12.5. The van der Waals surface area contributed by atoms with E-state index in [4.69, 9.17) is 4.74 Å². The van der Waals surface area contributed by atoms with Crippen molar-refractivity contribution in [3.05, 3.63) is 65.2 Å². The second-order valence-electron chi connectivity index (χ2n) is 5.60. The third-order valence-electron chi connectivity index (χ3n) is 3.92. The Bertz CT molecular complexity index is 691. The minimum absolute atomic E-state index is 0.0362. The predicted octanol–water partition coefficient (Wildman–Crippen LogP) is 3.19. The number of hydrogen-bond acceptors (Lipinski definition) is 3. The molecule has 0 aromatic heterocycles. The average molecular weight is 317 g/mol. The van der Waals surface area contributed by atoms with E-state index in [9.17, 15) is 13.6 Å². The molecule has 0 spiro atoms. The normalized spacial score (nSPS) is 19.4. The molecule has 2 atom stereocenters. The molecule has 1 N–H and O–H groups in total. The van der Waals surface area contributed by atoms with Crippen LogP contribution in [-0.4, -0.2) is 18.9 Å². The average Bonchev–Trinajstić information content (AvgIpc) is 3.32. The number of ether oxygens (including phenoxy) is 1. The van der Waals surface area contributed by atoms with E-state index in [1.807, 2.05) is 30.3 Å². The van der Waals surface area contributed by atoms with E-state index in [0.717, 1.165) is 24.3 Å². The van der Waals surface area contributed by atoms with Gasteiger partial charge in [-0.2, -0.15) is 0 Å². The molecular weight excluding hydrogens is 300 g/mol. The molecule has 0 heterocycles. The predicted molar refractivity (Wildman–Crippen MR) is 82.3 cm³/mol. The van der Waals surface area contributed by atoms with Crippen molar-refractivity contribution in [3.8, 4) is 5.75 Å². The van der Waals surface area contributed by atoms with Crippen LogP contribution < -0.4 is 10.1 Å². The molecule has 3 rings (SSSR count). The summed E-state index contributed by atoms with van der Waals surface area (Å²) in [4.78, 5) is 10.4. The van der Waals surface area contributed by atoms with Crippen molar-refractivity contribution >= 4 is 6.29 Å². The highest BCUT2D eigenvalue weighted by Crippen LogP contribution is 2.46. The van der Waals surface area contributed by atoms with E-state index < -0.39 is 11.6 Å². The lowest BCUT2D eigenvalue weighted by Crippen LogP contribution is -2.20. The van der Waals surface area contributed by atoms with Crippen LogP contribution in [0.15, 0.2) is 42.5 Å². The maximum Gasteiger partial charge on any atom is 0.168 e. The van der Waals surface area contributed by atoms with Gasteiger partial charge in [-0.15, -0.1) is 0 Å². The Kier molecular flexibility index (Phi) is 4.67. The number of carbonyl (C=O) groups excluding carboxylic acids is 1. The Hall–Kier alpha value is -2.27. The van der Waals surface area contributed by atoms with Gasteiger partial charge in [-0.25, -0.2) is 8.78 Å². The number of rotatable bonds is 7. The highest BCUT2D eigenvalue weighted by atomic mass is 19.1. The summed E-state index contributed by atoms with van der Waals surface area (Å²) in [5.41, 5.74) is 1.43. The van der Waals surface area contributed by atoms with E-state index in [0.29, 0.717) is 5.56 Å². The van der Waals surface area contributed by atoms with Gasteiger partial charge in [0.15, 0.2) is 11.6 Å². The molecular formula is C18H17F2NO2. The fourth-order valence-corrected chi connectivity index (χ4v) is 2.70. The van der Waals surface area contributed by atoms with Crippen LogP contribution in [0.3, 0.4) is 0 Å². The van der Waals surface area contributed by atoms with Gasteiger partial charge >= 0.3 is 0 Å². The van der Waals surface area contributed by atoms with Crippen molar-refractivity contribution in [2.45, 2.75) is 25.0 Å². The molecule has 120 valence electrons. The molecule has 1 fully saturated rings. The lowest BCUT2D eigenvalue weighted by atomic mass is 10.1. The van der Waals surface area contributed by atoms with Crippen molar-refractivity contribution in [1.29, 1.82) is 0 Å². The zero-order valence-corrected chi connectivity index (χ0v) is 12.5. The van der Waals surface area contributed by atoms with E-state index in [1.165, 1.54) is 6.07 Å². The summed E-state index contributed by atoms with van der Waals surface area (Å²) in [7, 11) is 0. The summed E-state index contributed by atoms with van der Waals surface area (Å²) < 4.78 is 33.3. The van der Waals surface area contributed by atoms with Crippen molar-refractivity contribution in [2.24, 2.45) is 0 Å². The van der Waals surface area contributed by atoms with Crippen LogP contribution in [0.1, 0.15) is 23.5 Å². The lowest BCUT2D eigenvalue weighted by molar-refractivity contribution is -0.107. The van der Waals surface area contributed by atoms with Gasteiger partial charge in [-0.05, 0) is 18.1 Å². The third-order valence-corrected chi connectivity index (χ3v) is 3.92. The topological polar surface area (TPSA) is 38.3 Å². The molecule has 3 nitrogen and oxygen atoms in total. The van der Waals surface area contributed by atoms with Crippen LogP contribution in [-0.2, 0) is 11.4 Å². The number of benzene rings is 2. The van der Waals surface area contributed by atoms with Crippen molar-refractivity contribution in [3.63, 3.8) is 0 Å². The van der Waals surface area contributed by atoms with Gasteiger partial charge in [0.05, 0.1) is 6.54 Å². The molecule has 1 saturated carbocycles. The van der Waals surface area contributed by atoms with Gasteiger partial charge in [0.25, 0.3) is 0 Å². The molecule has 23 heavy (non-hydrogen) atoms. The van der Waals surface area contributed by atoms with Gasteiger partial charge in [0.1, 0.15) is 18.7 Å². The molecule has 0 saturated heterocycles. The van der Waals surface area contributed by atoms with Gasteiger partial charge in [0, 0.05) is 23.6 Å². The van der Waals surface area contributed by atoms with E-state index in [-0.39, 0.29) is 30.9 Å². The van der Waals surface area contributed by atoms with Gasteiger partial charge in [-0.3, -0.25) is 0 Å². The molecule has 5 heteroatoms. The first-order chi connectivity index (χ1) is 11.2. The van der Waals surface area contributed by atoms with Crippen LogP contribution in [0.25, 0.3) is 0 Å². The second kappa shape index (κ2) is 6.87. The Morgan fingerprint density at radius 1 is 1.22 bits per heavy atom. The summed E-state index contributed by atoms with van der Waals surface area (Å²) in [5.74, 6) is -1.26. The monoisotopic (exact) mass is 317 g/mol. The van der Waals surface area contributed by atoms with Gasteiger partial charge < -0.3 is 14.8 Å². The maximum absolute atomic E-state index is 14.1. The summed E-state index contributed by atoms with van der Waals surface area (Å²) >= 11 is 0. The Labute approximate surface area is 133 Å². The number of nitrogens with one attached hydrogen (secondary N) is 1. The summed E-state index contributed by atoms with van der Waals surface area (Å²) in [6.45, 7) is 0.453. The summed E-state index contributed by atoms with van der Waals surface area (Å²) in [6.07, 6.45) is 1.51. The Balaban J connectivity index is 1.77. The molecule has 0 amide bonds. The molecule has 2 unspecified atom stereocenters. The second-order valence-corrected chi connectivity index (χ2v) is 5.60. The molecule has 1 aliphatic rings. The molecule has 0 bridgehead atoms. The van der Waals surface area contributed by atoms with E-state index >= 15 is 0 Å². The molecule has 1 aliphatic carbocycles. The molecule has 2 aromatic rings. The standard InChI is InChI=1S/C18H17F2NO2/c19-13-8-15(14-10-17(14)21-6-7-22)18(16(20)9-13)23-11-12-4-2-1-3-5-12/h1-5,7-9,14,17,21H,6,10-11H2. The highest BCUT2D eigenvalue weighted by Gasteiger charge is 2.40. The molecule has 0 aliphatic heterocycles. The maximum atomic E-state index is 14.1. The lowest BCUT2D eigenvalue weighted by Gasteiger charge is -2.13. The van der Waals surface area contributed by atoms with Crippen LogP contribution in [0.4, 0.5) is 8.78 Å². The van der Waals surface area contributed by atoms with Crippen LogP contribution in [0.5, 0.6) is 5.75 Å². The van der Waals surface area contributed by atoms with Crippen molar-refractivity contribution < 1.29 is 18.3 Å². The van der Waals surface area contributed by atoms with Crippen LogP contribution in [0.2, 0.25) is 0 Å². The number of hydrogen-bond donors (Lipinski definition) is 1. The number of carbonyl (C=O) groups is 1. The SMILES string of the molecule is O=CCNC1CC1c1cc(F)cc(F)c1OCc1ccccc1. The summed E-state index contributed by atoms with van der Waals surface area (Å²) in [6, 6.07) is 11.6. The van der Waals surface area contributed by atoms with Crippen molar-refractivity contribution in [2.75, 3.05) is 6.54 Å². The van der Waals surface area contributed by atoms with Gasteiger partial charge in [-0.1, -0.05) is 30.3 Å². The fraction of sp³-hybridized carbons (Fsp3) is 0.278. The van der Waals surface area contributed by atoms with E-state index in [1.54, 1.807) is 0 Å². The van der Waals surface area contributed by atoms with Crippen LogP contribution >= 0.6 is 0 Å². The Morgan fingerprint density at radius 2 is 2.00 bits per heavy atom. The minimum atomic E-state index is -0.697. The van der Waals surface area contributed by atoms with E-state index in [2.05, 4.69) is 5.32 Å². The molecule has 2 aromatic carbocycles. The smallest absolute Gasteiger partial charge is 0.168 e.